The summed E-state index contributed by atoms with van der Waals surface area (Å²) in [5.74, 6) is 0. The van der Waals surface area contributed by atoms with Crippen LogP contribution in [0.15, 0.2) is 0 Å². The lowest BCUT2D eigenvalue weighted by Gasteiger charge is -1.97. The van der Waals surface area contributed by atoms with Gasteiger partial charge in [-0.3, -0.25) is 5.26 Å². The van der Waals surface area contributed by atoms with E-state index in [2.05, 4.69) is 14.7 Å². The van der Waals surface area contributed by atoms with Gasteiger partial charge >= 0.3 is 0 Å². The van der Waals surface area contributed by atoms with Crippen molar-refractivity contribution in [1.82, 2.24) is 0 Å². The van der Waals surface area contributed by atoms with Crippen LogP contribution in [0.4, 0.5) is 0 Å². The lowest BCUT2D eigenvalue weighted by molar-refractivity contribution is -0.322. The quantitative estimate of drug-likeness (QED) is 0.326. The fourth-order valence-electron chi connectivity index (χ4n) is 0.214. The second kappa shape index (κ2) is 6.84. The molecule has 0 aliphatic heterocycles. The largest absolute Gasteiger partial charge is 0.252 e. The SMILES string of the molecule is CCOOCCOO. The summed E-state index contributed by atoms with van der Waals surface area (Å²) in [5.41, 5.74) is 0. The molecule has 0 aromatic heterocycles. The highest BCUT2D eigenvalue weighted by Crippen LogP contribution is 1.76. The van der Waals surface area contributed by atoms with E-state index >= 15 is 0 Å². The average molecular weight is 122 g/mol. The van der Waals surface area contributed by atoms with E-state index in [1.165, 1.54) is 0 Å². The van der Waals surface area contributed by atoms with Gasteiger partial charge in [0.05, 0.1) is 6.61 Å². The van der Waals surface area contributed by atoms with Crippen molar-refractivity contribution in [3.05, 3.63) is 0 Å². The standard InChI is InChI=1S/C4H10O4/c1-2-7-8-4-3-6-5/h5H,2-4H2,1H3. The predicted molar refractivity (Wildman–Crippen MR) is 26.2 cm³/mol. The topological polar surface area (TPSA) is 47.9 Å². The van der Waals surface area contributed by atoms with Gasteiger partial charge in [0.1, 0.15) is 13.2 Å². The van der Waals surface area contributed by atoms with Crippen LogP contribution in [0.2, 0.25) is 0 Å². The molecule has 0 amide bonds. The minimum atomic E-state index is 0.139. The molecule has 1 N–H and O–H groups in total. The van der Waals surface area contributed by atoms with Crippen LogP contribution in [0, 0.1) is 0 Å². The maximum Gasteiger partial charge on any atom is 0.109 e. The summed E-state index contributed by atoms with van der Waals surface area (Å²) in [7, 11) is 0. The zero-order valence-electron chi connectivity index (χ0n) is 4.79. The Labute approximate surface area is 47.8 Å². The van der Waals surface area contributed by atoms with Crippen molar-refractivity contribution in [2.75, 3.05) is 19.8 Å². The Kier molecular flexibility index (Phi) is 6.70. The highest BCUT2D eigenvalue weighted by atomic mass is 17.2. The summed E-state index contributed by atoms with van der Waals surface area (Å²) >= 11 is 0. The van der Waals surface area contributed by atoms with Gasteiger partial charge in [-0.2, -0.15) is 0 Å². The highest BCUT2D eigenvalue weighted by molar-refractivity contribution is 4.14. The van der Waals surface area contributed by atoms with Crippen LogP contribution in [0.25, 0.3) is 0 Å². The summed E-state index contributed by atoms with van der Waals surface area (Å²) in [5, 5.41) is 7.73. The van der Waals surface area contributed by atoms with Gasteiger partial charge < -0.3 is 0 Å². The van der Waals surface area contributed by atoms with Crippen molar-refractivity contribution in [3.8, 4) is 0 Å². The van der Waals surface area contributed by atoms with Crippen molar-refractivity contribution in [1.29, 1.82) is 0 Å². The Balaban J connectivity index is 2.53. The molecule has 0 bridgehead atoms. The molecule has 0 saturated carbocycles. The van der Waals surface area contributed by atoms with Gasteiger partial charge in [-0.25, -0.2) is 14.7 Å². The molecule has 0 spiro atoms. The van der Waals surface area contributed by atoms with Crippen molar-refractivity contribution in [3.63, 3.8) is 0 Å². The van der Waals surface area contributed by atoms with E-state index in [9.17, 15) is 0 Å². The smallest absolute Gasteiger partial charge is 0.109 e. The Morgan fingerprint density at radius 1 is 1.25 bits per heavy atom. The summed E-state index contributed by atoms with van der Waals surface area (Å²) in [6.07, 6.45) is 0. The molecule has 0 atom stereocenters. The second-order valence-electron chi connectivity index (χ2n) is 1.06. The van der Waals surface area contributed by atoms with Crippen molar-refractivity contribution >= 4 is 0 Å². The van der Waals surface area contributed by atoms with Crippen molar-refractivity contribution in [2.45, 2.75) is 6.92 Å². The molecule has 0 fully saturated rings. The number of hydrogen-bond acceptors (Lipinski definition) is 4. The average Bonchev–Trinajstić information content (AvgIpc) is 1.81. The van der Waals surface area contributed by atoms with Crippen LogP contribution < -0.4 is 0 Å². The van der Waals surface area contributed by atoms with Gasteiger partial charge in [0.15, 0.2) is 0 Å². The lowest BCUT2D eigenvalue weighted by atomic mass is 10.8. The van der Waals surface area contributed by atoms with Crippen LogP contribution in [-0.4, -0.2) is 25.1 Å². The zero-order chi connectivity index (χ0) is 6.24. The third-order valence-electron chi connectivity index (χ3n) is 0.459. The molecule has 0 rings (SSSR count). The molecule has 0 heterocycles. The van der Waals surface area contributed by atoms with E-state index in [0.29, 0.717) is 6.61 Å². The normalized spacial score (nSPS) is 9.75. The Morgan fingerprint density at radius 3 is 2.50 bits per heavy atom. The first kappa shape index (κ1) is 7.84. The second-order valence-corrected chi connectivity index (χ2v) is 1.06. The maximum atomic E-state index is 7.73. The van der Waals surface area contributed by atoms with E-state index in [0.717, 1.165) is 0 Å². The Bertz CT molecular complexity index is 33.0. The summed E-state index contributed by atoms with van der Waals surface area (Å²) in [6.45, 7) is 2.70. The summed E-state index contributed by atoms with van der Waals surface area (Å²) < 4.78 is 0. The van der Waals surface area contributed by atoms with Gasteiger partial charge in [0.2, 0.25) is 0 Å². The molecule has 0 aromatic rings. The maximum absolute atomic E-state index is 7.73. The first-order valence-electron chi connectivity index (χ1n) is 2.42. The van der Waals surface area contributed by atoms with E-state index in [1.54, 1.807) is 6.92 Å². The molecule has 0 aliphatic carbocycles. The van der Waals surface area contributed by atoms with E-state index in [-0.39, 0.29) is 13.2 Å². The lowest BCUT2D eigenvalue weighted by Crippen LogP contribution is -2.02. The molecule has 0 aliphatic rings. The van der Waals surface area contributed by atoms with Crippen molar-refractivity contribution < 1.29 is 19.9 Å². The first-order chi connectivity index (χ1) is 3.91. The Hall–Kier alpha value is -0.160. The number of rotatable bonds is 5. The highest BCUT2D eigenvalue weighted by Gasteiger charge is 1.83. The zero-order valence-corrected chi connectivity index (χ0v) is 4.79. The van der Waals surface area contributed by atoms with Gasteiger partial charge in [0.25, 0.3) is 0 Å². The molecule has 50 valence electrons. The summed E-state index contributed by atoms with van der Waals surface area (Å²) in [4.78, 5) is 12.6. The predicted octanol–water partition coefficient (Wildman–Crippen LogP) is 0.444. The van der Waals surface area contributed by atoms with Gasteiger partial charge in [0, 0.05) is 0 Å². The van der Waals surface area contributed by atoms with Crippen LogP contribution in [0.3, 0.4) is 0 Å². The molecule has 8 heavy (non-hydrogen) atoms. The van der Waals surface area contributed by atoms with Crippen LogP contribution >= 0.6 is 0 Å². The van der Waals surface area contributed by atoms with Gasteiger partial charge in [-0.1, -0.05) is 0 Å². The monoisotopic (exact) mass is 122 g/mol. The minimum absolute atomic E-state index is 0.139. The molecule has 0 radical (unpaired) electrons. The van der Waals surface area contributed by atoms with E-state index in [1.807, 2.05) is 0 Å². The molecule has 0 unspecified atom stereocenters. The summed E-state index contributed by atoms with van der Waals surface area (Å²) in [6, 6.07) is 0. The minimum Gasteiger partial charge on any atom is -0.252 e. The van der Waals surface area contributed by atoms with Crippen LogP contribution in [-0.2, 0) is 14.7 Å². The van der Waals surface area contributed by atoms with Crippen molar-refractivity contribution in [2.24, 2.45) is 0 Å². The van der Waals surface area contributed by atoms with Gasteiger partial charge in [-0.05, 0) is 6.92 Å². The van der Waals surface area contributed by atoms with E-state index < -0.39 is 0 Å². The molecular formula is C4H10O4. The Morgan fingerprint density at radius 2 is 2.00 bits per heavy atom. The molecule has 0 saturated heterocycles. The number of hydrogen-bond donors (Lipinski definition) is 1. The fourth-order valence-corrected chi connectivity index (χ4v) is 0.214. The van der Waals surface area contributed by atoms with Crippen LogP contribution in [0.5, 0.6) is 0 Å². The third-order valence-corrected chi connectivity index (χ3v) is 0.459. The fraction of sp³-hybridized carbons (Fsp3) is 1.00. The molecule has 4 heteroatoms. The third kappa shape index (κ3) is 5.84. The first-order valence-corrected chi connectivity index (χ1v) is 2.42. The molecular weight excluding hydrogens is 112 g/mol. The van der Waals surface area contributed by atoms with Gasteiger partial charge in [-0.15, -0.1) is 0 Å². The molecule has 0 aromatic carbocycles. The van der Waals surface area contributed by atoms with E-state index in [4.69, 9.17) is 5.26 Å². The van der Waals surface area contributed by atoms with Crippen LogP contribution in [0.1, 0.15) is 6.92 Å². The molecule has 4 nitrogen and oxygen atoms in total.